The molecule has 144 valence electrons. The van der Waals surface area contributed by atoms with Gasteiger partial charge in [-0.3, -0.25) is 4.79 Å². The summed E-state index contributed by atoms with van der Waals surface area (Å²) in [7, 11) is 1.51. The molecule has 0 saturated heterocycles. The predicted molar refractivity (Wildman–Crippen MR) is 110 cm³/mol. The number of aromatic hydroxyl groups is 1. The lowest BCUT2D eigenvalue weighted by atomic mass is 10.1. The number of methoxy groups -OCH3 is 1. The van der Waals surface area contributed by atoms with Gasteiger partial charge in [0.25, 0.3) is 5.91 Å². The average Bonchev–Trinajstić information content (AvgIpc) is 2.69. The predicted octanol–water partition coefficient (Wildman–Crippen LogP) is 4.37. The van der Waals surface area contributed by atoms with Crippen molar-refractivity contribution in [2.75, 3.05) is 13.7 Å². The van der Waals surface area contributed by atoms with E-state index in [9.17, 15) is 9.90 Å². The molecule has 0 bridgehead atoms. The van der Waals surface area contributed by atoms with Gasteiger partial charge in [0.05, 0.1) is 30.5 Å². The summed E-state index contributed by atoms with van der Waals surface area (Å²) < 4.78 is 10.7. The fraction of sp³-hybridized carbons (Fsp3) is 0.143. The van der Waals surface area contributed by atoms with Gasteiger partial charge in [0, 0.05) is 0 Å². The molecule has 3 aromatic carbocycles. The van der Waals surface area contributed by atoms with Gasteiger partial charge < -0.3 is 14.6 Å². The number of phenolic OH excluding ortho intramolecular Hbond substituents is 1. The minimum absolute atomic E-state index is 0.114. The zero-order chi connectivity index (χ0) is 20.1. The Morgan fingerprint density at radius 3 is 2.61 bits per heavy atom. The van der Waals surface area contributed by atoms with Gasteiger partial charge in [0.2, 0.25) is 0 Å². The molecule has 0 aliphatic rings. The number of carbonyl (C=O) groups excluding carboxylic acids is 1. The van der Waals surface area contributed by atoms with E-state index in [4.69, 9.17) is 21.1 Å². The third-order valence-corrected chi connectivity index (χ3v) is 4.31. The second-order valence-electron chi connectivity index (χ2n) is 5.88. The van der Waals surface area contributed by atoms with Gasteiger partial charge in [0.15, 0.2) is 11.5 Å². The second kappa shape index (κ2) is 8.63. The molecule has 0 heterocycles. The number of benzene rings is 3. The third kappa shape index (κ3) is 4.18. The van der Waals surface area contributed by atoms with Crippen molar-refractivity contribution in [2.45, 2.75) is 6.92 Å². The van der Waals surface area contributed by atoms with Gasteiger partial charge in [-0.15, -0.1) is 0 Å². The zero-order valence-corrected chi connectivity index (χ0v) is 16.2. The van der Waals surface area contributed by atoms with E-state index in [-0.39, 0.29) is 11.3 Å². The van der Waals surface area contributed by atoms with Crippen LogP contribution in [0.4, 0.5) is 0 Å². The maximum atomic E-state index is 12.4. The van der Waals surface area contributed by atoms with Crippen LogP contribution in [0, 0.1) is 0 Å². The number of fused-ring (bicyclic) bond motifs is 1. The molecule has 0 unspecified atom stereocenters. The lowest BCUT2D eigenvalue weighted by Gasteiger charge is -2.11. The Bertz CT molecular complexity index is 1050. The fourth-order valence-corrected chi connectivity index (χ4v) is 3.01. The summed E-state index contributed by atoms with van der Waals surface area (Å²) in [5.41, 5.74) is 3.16. The summed E-state index contributed by atoms with van der Waals surface area (Å²) in [5, 5.41) is 16.1. The standard InChI is InChI=1S/C21H19ClN2O4/c1-3-28-20-17(22)8-13(9-19(20)27-2)12-23-24-21(26)16-10-14-6-4-5-7-15(14)11-18(16)25/h4-12,25H,3H2,1-2H3,(H,24,26). The van der Waals surface area contributed by atoms with Crippen LogP contribution in [-0.4, -0.2) is 30.9 Å². The highest BCUT2D eigenvalue weighted by atomic mass is 35.5. The Morgan fingerprint density at radius 1 is 1.21 bits per heavy atom. The molecule has 7 heteroatoms. The van der Waals surface area contributed by atoms with Crippen molar-refractivity contribution in [3.05, 3.63) is 64.7 Å². The highest BCUT2D eigenvalue weighted by Crippen LogP contribution is 2.36. The van der Waals surface area contributed by atoms with Crippen LogP contribution in [-0.2, 0) is 0 Å². The van der Waals surface area contributed by atoms with Gasteiger partial charge in [-0.1, -0.05) is 35.9 Å². The topological polar surface area (TPSA) is 80.2 Å². The smallest absolute Gasteiger partial charge is 0.275 e. The summed E-state index contributed by atoms with van der Waals surface area (Å²) in [4.78, 5) is 12.4. The molecule has 0 radical (unpaired) electrons. The molecule has 1 amide bonds. The summed E-state index contributed by atoms with van der Waals surface area (Å²) >= 11 is 6.22. The first-order chi connectivity index (χ1) is 13.5. The van der Waals surface area contributed by atoms with E-state index in [0.717, 1.165) is 10.8 Å². The van der Waals surface area contributed by atoms with Gasteiger partial charge >= 0.3 is 0 Å². The van der Waals surface area contributed by atoms with E-state index in [2.05, 4.69) is 10.5 Å². The number of nitrogens with one attached hydrogen (secondary N) is 1. The molecule has 0 aliphatic carbocycles. The number of amides is 1. The molecule has 3 rings (SSSR count). The number of phenols is 1. The van der Waals surface area contributed by atoms with E-state index < -0.39 is 5.91 Å². The van der Waals surface area contributed by atoms with E-state index in [0.29, 0.717) is 28.7 Å². The SMILES string of the molecule is CCOc1c(Cl)cc(C=NNC(=O)c2cc3ccccc3cc2O)cc1OC. The number of halogens is 1. The Balaban J connectivity index is 1.78. The number of hydrogen-bond donors (Lipinski definition) is 2. The van der Waals surface area contributed by atoms with Crippen molar-refractivity contribution < 1.29 is 19.4 Å². The molecule has 3 aromatic rings. The van der Waals surface area contributed by atoms with Crippen molar-refractivity contribution >= 4 is 34.5 Å². The normalized spacial score (nSPS) is 11.0. The van der Waals surface area contributed by atoms with Gasteiger partial charge in [-0.05, 0) is 47.5 Å². The summed E-state index contributed by atoms with van der Waals surface area (Å²) in [6, 6.07) is 14.0. The first kappa shape index (κ1) is 19.5. The van der Waals surface area contributed by atoms with E-state index in [1.165, 1.54) is 13.3 Å². The maximum absolute atomic E-state index is 12.4. The first-order valence-electron chi connectivity index (χ1n) is 8.59. The molecule has 0 saturated carbocycles. The number of hydrazone groups is 1. The minimum atomic E-state index is -0.525. The summed E-state index contributed by atoms with van der Waals surface area (Å²) in [6.07, 6.45) is 1.43. The molecular weight excluding hydrogens is 380 g/mol. The van der Waals surface area contributed by atoms with Crippen LogP contribution in [0.3, 0.4) is 0 Å². The Labute approximate surface area is 167 Å². The Kier molecular flexibility index (Phi) is 6.01. The van der Waals surface area contributed by atoms with Crippen LogP contribution in [0.25, 0.3) is 10.8 Å². The monoisotopic (exact) mass is 398 g/mol. The molecule has 0 atom stereocenters. The molecule has 2 N–H and O–H groups in total. The fourth-order valence-electron chi connectivity index (χ4n) is 2.73. The molecule has 0 aromatic heterocycles. The molecule has 6 nitrogen and oxygen atoms in total. The summed E-state index contributed by atoms with van der Waals surface area (Å²) in [5.74, 6) is 0.281. The van der Waals surface area contributed by atoms with Crippen molar-refractivity contribution in [1.82, 2.24) is 5.43 Å². The number of hydrogen-bond acceptors (Lipinski definition) is 5. The van der Waals surface area contributed by atoms with Crippen LogP contribution in [0.2, 0.25) is 5.02 Å². The second-order valence-corrected chi connectivity index (χ2v) is 6.29. The average molecular weight is 399 g/mol. The molecule has 0 spiro atoms. The molecule has 0 fully saturated rings. The molecule has 0 aliphatic heterocycles. The quantitative estimate of drug-likeness (QED) is 0.477. The number of rotatable bonds is 6. The van der Waals surface area contributed by atoms with Crippen molar-refractivity contribution in [2.24, 2.45) is 5.10 Å². The van der Waals surface area contributed by atoms with Gasteiger partial charge in [-0.25, -0.2) is 5.43 Å². The van der Waals surface area contributed by atoms with Crippen LogP contribution in [0.5, 0.6) is 17.2 Å². The van der Waals surface area contributed by atoms with Crippen molar-refractivity contribution in [3.63, 3.8) is 0 Å². The van der Waals surface area contributed by atoms with E-state index in [1.54, 1.807) is 24.3 Å². The Morgan fingerprint density at radius 2 is 1.93 bits per heavy atom. The molecule has 28 heavy (non-hydrogen) atoms. The zero-order valence-electron chi connectivity index (χ0n) is 15.4. The third-order valence-electron chi connectivity index (χ3n) is 4.03. The van der Waals surface area contributed by atoms with E-state index >= 15 is 0 Å². The highest BCUT2D eigenvalue weighted by Gasteiger charge is 2.13. The van der Waals surface area contributed by atoms with Crippen LogP contribution in [0.15, 0.2) is 53.6 Å². The van der Waals surface area contributed by atoms with Gasteiger partial charge in [-0.2, -0.15) is 5.10 Å². The Hall–Kier alpha value is -3.25. The van der Waals surface area contributed by atoms with Crippen molar-refractivity contribution in [3.8, 4) is 17.2 Å². The maximum Gasteiger partial charge on any atom is 0.275 e. The number of nitrogens with zero attached hydrogens (tertiary/aromatic N) is 1. The number of carbonyl (C=O) groups is 1. The summed E-state index contributed by atoms with van der Waals surface area (Å²) in [6.45, 7) is 2.30. The van der Waals surface area contributed by atoms with Crippen LogP contribution in [0.1, 0.15) is 22.8 Å². The first-order valence-corrected chi connectivity index (χ1v) is 8.96. The lowest BCUT2D eigenvalue weighted by molar-refractivity contribution is 0.0952. The lowest BCUT2D eigenvalue weighted by Crippen LogP contribution is -2.17. The highest BCUT2D eigenvalue weighted by molar-refractivity contribution is 6.32. The minimum Gasteiger partial charge on any atom is -0.507 e. The van der Waals surface area contributed by atoms with Crippen LogP contribution >= 0.6 is 11.6 Å². The van der Waals surface area contributed by atoms with Gasteiger partial charge in [0.1, 0.15) is 5.75 Å². The van der Waals surface area contributed by atoms with Crippen LogP contribution < -0.4 is 14.9 Å². The number of ether oxygens (including phenoxy) is 2. The van der Waals surface area contributed by atoms with E-state index in [1.807, 2.05) is 31.2 Å². The molecular formula is C21H19ClN2O4. The largest absolute Gasteiger partial charge is 0.507 e. The van der Waals surface area contributed by atoms with Crippen molar-refractivity contribution in [1.29, 1.82) is 0 Å².